The fourth-order valence-electron chi connectivity index (χ4n) is 1.49. The van der Waals surface area contributed by atoms with Crippen LogP contribution in [0.4, 0.5) is 0 Å². The molecule has 0 bridgehead atoms. The van der Waals surface area contributed by atoms with E-state index in [4.69, 9.17) is 27.6 Å². The minimum Gasteiger partial charge on any atom is -0.444 e. The molecule has 2 rings (SSSR count). The van der Waals surface area contributed by atoms with Crippen molar-refractivity contribution in [3.8, 4) is 11.5 Å². The zero-order valence-corrected chi connectivity index (χ0v) is 11.7. The monoisotopic (exact) mass is 284 g/mol. The molecule has 1 aromatic heterocycles. The van der Waals surface area contributed by atoms with Crippen LogP contribution in [0.25, 0.3) is 11.5 Å². The maximum Gasteiger partial charge on any atom is 0.227 e. The lowest BCUT2D eigenvalue weighted by atomic mass is 10.2. The second kappa shape index (κ2) is 5.74. The van der Waals surface area contributed by atoms with Gasteiger partial charge in [-0.1, -0.05) is 43.1 Å². The fraction of sp³-hybridized carbons (Fsp3) is 0.308. The molecule has 0 fully saturated rings. The Morgan fingerprint density at radius 2 is 2.11 bits per heavy atom. The molecule has 3 nitrogen and oxygen atoms in total. The number of rotatable bonds is 4. The lowest BCUT2D eigenvalue weighted by molar-refractivity contribution is 0.560. The van der Waals surface area contributed by atoms with Crippen LogP contribution < -0.4 is 5.32 Å². The molecule has 0 aliphatic carbocycles. The van der Waals surface area contributed by atoms with Crippen molar-refractivity contribution in [1.82, 2.24) is 10.3 Å². The first-order valence-corrected chi connectivity index (χ1v) is 6.45. The van der Waals surface area contributed by atoms with Gasteiger partial charge in [0, 0.05) is 12.6 Å². The maximum absolute atomic E-state index is 6.12. The maximum atomic E-state index is 6.12. The molecule has 0 atom stereocenters. The van der Waals surface area contributed by atoms with Crippen LogP contribution in [0.3, 0.4) is 0 Å². The summed E-state index contributed by atoms with van der Waals surface area (Å²) >= 11 is 12.1. The summed E-state index contributed by atoms with van der Waals surface area (Å²) in [5.41, 5.74) is 1.55. The van der Waals surface area contributed by atoms with Crippen LogP contribution in [0.1, 0.15) is 19.5 Å². The molecule has 1 heterocycles. The van der Waals surface area contributed by atoms with Crippen LogP contribution >= 0.6 is 23.2 Å². The zero-order chi connectivity index (χ0) is 13.1. The molecule has 0 amide bonds. The number of halogens is 2. The van der Waals surface area contributed by atoms with Gasteiger partial charge in [-0.15, -0.1) is 0 Å². The van der Waals surface area contributed by atoms with E-state index in [-0.39, 0.29) is 0 Å². The summed E-state index contributed by atoms with van der Waals surface area (Å²) in [5, 5.41) is 4.23. The summed E-state index contributed by atoms with van der Waals surface area (Å²) in [6.45, 7) is 4.82. The Kier molecular flexibility index (Phi) is 4.27. The third-order valence-corrected chi connectivity index (χ3v) is 3.24. The van der Waals surface area contributed by atoms with E-state index in [1.54, 1.807) is 12.3 Å². The Bertz CT molecular complexity index is 538. The predicted octanol–water partition coefficient (Wildman–Crippen LogP) is 4.15. The van der Waals surface area contributed by atoms with Crippen molar-refractivity contribution >= 4 is 23.2 Å². The number of hydrogen-bond acceptors (Lipinski definition) is 3. The summed E-state index contributed by atoms with van der Waals surface area (Å²) in [5.74, 6) is 0.489. The van der Waals surface area contributed by atoms with Crippen molar-refractivity contribution in [1.29, 1.82) is 0 Å². The molecular weight excluding hydrogens is 271 g/mol. The van der Waals surface area contributed by atoms with Crippen LogP contribution in [0.2, 0.25) is 10.0 Å². The minimum absolute atomic E-state index is 0.403. The highest BCUT2D eigenvalue weighted by Gasteiger charge is 2.12. The average molecular weight is 285 g/mol. The van der Waals surface area contributed by atoms with Gasteiger partial charge in [-0.05, 0) is 12.1 Å². The van der Waals surface area contributed by atoms with E-state index in [1.807, 2.05) is 12.1 Å². The van der Waals surface area contributed by atoms with E-state index in [0.29, 0.717) is 34.1 Å². The van der Waals surface area contributed by atoms with E-state index < -0.39 is 0 Å². The molecule has 96 valence electrons. The average Bonchev–Trinajstić information content (AvgIpc) is 2.78. The van der Waals surface area contributed by atoms with Crippen molar-refractivity contribution in [3.63, 3.8) is 0 Å². The summed E-state index contributed by atoms with van der Waals surface area (Å²) in [4.78, 5) is 4.38. The second-order valence-corrected chi connectivity index (χ2v) is 5.07. The molecule has 0 aliphatic rings. The predicted molar refractivity (Wildman–Crippen MR) is 73.9 cm³/mol. The van der Waals surface area contributed by atoms with Crippen molar-refractivity contribution in [2.75, 3.05) is 0 Å². The van der Waals surface area contributed by atoms with E-state index in [0.717, 1.165) is 5.69 Å². The second-order valence-electron chi connectivity index (χ2n) is 4.28. The molecule has 2 aromatic rings. The number of hydrogen-bond donors (Lipinski definition) is 1. The third-order valence-electron chi connectivity index (χ3n) is 2.43. The van der Waals surface area contributed by atoms with Gasteiger partial charge < -0.3 is 9.73 Å². The summed E-state index contributed by atoms with van der Waals surface area (Å²) in [6.07, 6.45) is 1.63. The van der Waals surface area contributed by atoms with Gasteiger partial charge in [0.25, 0.3) is 0 Å². The standard InChI is InChI=1S/C13H14Cl2N2O/c1-8(2)16-6-9-7-18-13(17-9)10-4-3-5-11(14)12(10)15/h3-5,7-8,16H,6H2,1-2H3. The molecule has 0 saturated carbocycles. The van der Waals surface area contributed by atoms with Crippen LogP contribution in [-0.2, 0) is 6.54 Å². The van der Waals surface area contributed by atoms with Crippen molar-refractivity contribution in [3.05, 3.63) is 40.2 Å². The molecule has 18 heavy (non-hydrogen) atoms. The fourth-order valence-corrected chi connectivity index (χ4v) is 1.87. The number of oxazole rings is 1. The Labute approximate surface area is 116 Å². The first-order chi connectivity index (χ1) is 8.58. The summed E-state index contributed by atoms with van der Waals surface area (Å²) < 4.78 is 5.42. The van der Waals surface area contributed by atoms with Crippen molar-refractivity contribution in [2.24, 2.45) is 0 Å². The van der Waals surface area contributed by atoms with Gasteiger partial charge in [-0.3, -0.25) is 0 Å². The van der Waals surface area contributed by atoms with E-state index in [2.05, 4.69) is 24.1 Å². The molecule has 0 unspecified atom stereocenters. The number of aromatic nitrogens is 1. The van der Waals surface area contributed by atoms with Crippen LogP contribution in [-0.4, -0.2) is 11.0 Å². The molecular formula is C13H14Cl2N2O. The van der Waals surface area contributed by atoms with Crippen molar-refractivity contribution < 1.29 is 4.42 Å². The molecule has 0 radical (unpaired) electrons. The molecule has 0 spiro atoms. The first-order valence-electron chi connectivity index (χ1n) is 5.70. The van der Waals surface area contributed by atoms with Gasteiger partial charge in [0.05, 0.1) is 21.3 Å². The topological polar surface area (TPSA) is 38.1 Å². The van der Waals surface area contributed by atoms with E-state index in [1.165, 1.54) is 0 Å². The van der Waals surface area contributed by atoms with Gasteiger partial charge >= 0.3 is 0 Å². The highest BCUT2D eigenvalue weighted by molar-refractivity contribution is 6.43. The van der Waals surface area contributed by atoms with Crippen LogP contribution in [0, 0.1) is 0 Å². The first kappa shape index (κ1) is 13.4. The molecule has 1 N–H and O–H groups in total. The van der Waals surface area contributed by atoms with Gasteiger partial charge in [0.2, 0.25) is 5.89 Å². The Morgan fingerprint density at radius 3 is 2.83 bits per heavy atom. The quantitative estimate of drug-likeness (QED) is 0.917. The minimum atomic E-state index is 0.403. The molecule has 0 saturated heterocycles. The lowest BCUT2D eigenvalue weighted by Crippen LogP contribution is -2.21. The Balaban J connectivity index is 2.21. The summed E-state index contributed by atoms with van der Waals surface area (Å²) in [7, 11) is 0. The molecule has 1 aromatic carbocycles. The van der Waals surface area contributed by atoms with Gasteiger partial charge in [0.1, 0.15) is 6.26 Å². The van der Waals surface area contributed by atoms with Crippen LogP contribution in [0.15, 0.2) is 28.9 Å². The highest BCUT2D eigenvalue weighted by atomic mass is 35.5. The smallest absolute Gasteiger partial charge is 0.227 e. The van der Waals surface area contributed by atoms with Crippen LogP contribution in [0.5, 0.6) is 0 Å². The molecule has 5 heteroatoms. The number of nitrogens with one attached hydrogen (secondary N) is 1. The Hall–Kier alpha value is -1.03. The summed E-state index contributed by atoms with van der Waals surface area (Å²) in [6, 6.07) is 5.79. The van der Waals surface area contributed by atoms with E-state index >= 15 is 0 Å². The highest BCUT2D eigenvalue weighted by Crippen LogP contribution is 2.32. The van der Waals surface area contributed by atoms with Gasteiger partial charge in [-0.2, -0.15) is 0 Å². The van der Waals surface area contributed by atoms with Gasteiger partial charge in [0.15, 0.2) is 0 Å². The largest absolute Gasteiger partial charge is 0.444 e. The van der Waals surface area contributed by atoms with Gasteiger partial charge in [-0.25, -0.2) is 4.98 Å². The number of benzene rings is 1. The van der Waals surface area contributed by atoms with Crippen molar-refractivity contribution in [2.45, 2.75) is 26.4 Å². The SMILES string of the molecule is CC(C)NCc1coc(-c2cccc(Cl)c2Cl)n1. The normalized spacial score (nSPS) is 11.2. The molecule has 0 aliphatic heterocycles. The Morgan fingerprint density at radius 1 is 1.33 bits per heavy atom. The lowest BCUT2D eigenvalue weighted by Gasteiger charge is -2.04. The third kappa shape index (κ3) is 3.05. The zero-order valence-electron chi connectivity index (χ0n) is 10.2. The number of nitrogens with zero attached hydrogens (tertiary/aromatic N) is 1. The van der Waals surface area contributed by atoms with E-state index in [9.17, 15) is 0 Å².